The summed E-state index contributed by atoms with van der Waals surface area (Å²) in [5.74, 6) is 1.94. The summed E-state index contributed by atoms with van der Waals surface area (Å²) >= 11 is 0. The summed E-state index contributed by atoms with van der Waals surface area (Å²) in [4.78, 5) is 14.9. The fourth-order valence-electron chi connectivity index (χ4n) is 8.28. The average Bonchev–Trinajstić information content (AvgIpc) is 3.58. The van der Waals surface area contributed by atoms with Crippen molar-refractivity contribution < 1.29 is 0 Å². The minimum atomic E-state index is -0.412. The lowest BCUT2D eigenvalue weighted by Gasteiger charge is -2.33. The molecule has 3 heteroatoms. The molecule has 1 heterocycles. The van der Waals surface area contributed by atoms with E-state index in [4.69, 9.17) is 15.0 Å². The molecule has 1 aliphatic rings. The molecule has 0 fully saturated rings. The van der Waals surface area contributed by atoms with E-state index in [-0.39, 0.29) is 0 Å². The maximum Gasteiger partial charge on any atom is 0.164 e. The van der Waals surface area contributed by atoms with E-state index in [1.54, 1.807) is 0 Å². The number of rotatable bonds is 7. The van der Waals surface area contributed by atoms with Crippen molar-refractivity contribution in [2.75, 3.05) is 0 Å². The second-order valence-electron chi connectivity index (χ2n) is 14.0. The molecule has 0 saturated heterocycles. The van der Waals surface area contributed by atoms with Gasteiger partial charge in [-0.15, -0.1) is 0 Å². The van der Waals surface area contributed by atoms with Crippen molar-refractivity contribution in [2.45, 2.75) is 5.41 Å². The highest BCUT2D eigenvalue weighted by Gasteiger charge is 2.45. The smallest absolute Gasteiger partial charge is 0.164 e. The second-order valence-corrected chi connectivity index (χ2v) is 14.0. The molecular weight excluding hydrogens is 667 g/mol. The Morgan fingerprint density at radius 1 is 0.255 bits per heavy atom. The van der Waals surface area contributed by atoms with Gasteiger partial charge in [0.25, 0.3) is 0 Å². The largest absolute Gasteiger partial charge is 0.208 e. The van der Waals surface area contributed by atoms with Crippen LogP contribution in [0.5, 0.6) is 0 Å². The van der Waals surface area contributed by atoms with Crippen molar-refractivity contribution in [1.82, 2.24) is 15.0 Å². The monoisotopic (exact) mass is 701 g/mol. The van der Waals surface area contributed by atoms with Crippen molar-refractivity contribution in [3.8, 4) is 67.5 Å². The Morgan fingerprint density at radius 2 is 0.636 bits per heavy atom. The molecule has 8 aromatic carbocycles. The summed E-state index contributed by atoms with van der Waals surface area (Å²) < 4.78 is 0. The summed E-state index contributed by atoms with van der Waals surface area (Å²) in [6, 6.07) is 75.4. The van der Waals surface area contributed by atoms with Gasteiger partial charge in [0.1, 0.15) is 0 Å². The molecular formula is C52H35N3. The molecule has 1 aliphatic carbocycles. The van der Waals surface area contributed by atoms with Gasteiger partial charge in [-0.2, -0.15) is 0 Å². The van der Waals surface area contributed by atoms with E-state index in [0.717, 1.165) is 33.4 Å². The van der Waals surface area contributed by atoms with Crippen molar-refractivity contribution in [1.29, 1.82) is 0 Å². The van der Waals surface area contributed by atoms with Gasteiger partial charge in [-0.1, -0.05) is 194 Å². The summed E-state index contributed by atoms with van der Waals surface area (Å²) in [6.45, 7) is 0. The Hall–Kier alpha value is -7.23. The van der Waals surface area contributed by atoms with Crippen molar-refractivity contribution >= 4 is 0 Å². The van der Waals surface area contributed by atoms with Gasteiger partial charge < -0.3 is 0 Å². The zero-order valence-electron chi connectivity index (χ0n) is 30.0. The van der Waals surface area contributed by atoms with Gasteiger partial charge in [0.05, 0.1) is 5.41 Å². The lowest BCUT2D eigenvalue weighted by Crippen LogP contribution is -2.28. The Kier molecular flexibility index (Phi) is 8.04. The van der Waals surface area contributed by atoms with Crippen molar-refractivity contribution in [3.63, 3.8) is 0 Å². The van der Waals surface area contributed by atoms with Gasteiger partial charge in [-0.05, 0) is 73.8 Å². The van der Waals surface area contributed by atoms with Gasteiger partial charge in [0.2, 0.25) is 0 Å². The molecule has 3 nitrogen and oxygen atoms in total. The predicted octanol–water partition coefficient (Wildman–Crippen LogP) is 12.6. The van der Waals surface area contributed by atoms with E-state index in [0.29, 0.717) is 17.5 Å². The number of fused-ring (bicyclic) bond motifs is 3. The summed E-state index contributed by atoms with van der Waals surface area (Å²) in [5, 5.41) is 0. The Bertz CT molecular complexity index is 2700. The number of nitrogens with zero attached hydrogens (tertiary/aromatic N) is 3. The number of benzene rings is 8. The highest BCUT2D eigenvalue weighted by Crippen LogP contribution is 2.56. The van der Waals surface area contributed by atoms with Gasteiger partial charge in [-0.3, -0.25) is 0 Å². The number of aromatic nitrogens is 3. The predicted molar refractivity (Wildman–Crippen MR) is 224 cm³/mol. The van der Waals surface area contributed by atoms with Crippen molar-refractivity contribution in [2.24, 2.45) is 0 Å². The molecule has 258 valence electrons. The first kappa shape index (κ1) is 32.4. The molecule has 0 radical (unpaired) electrons. The van der Waals surface area contributed by atoms with E-state index in [2.05, 4.69) is 152 Å². The fraction of sp³-hybridized carbons (Fsp3) is 0.0192. The van der Waals surface area contributed by atoms with Gasteiger partial charge in [0.15, 0.2) is 17.5 Å². The third-order valence-corrected chi connectivity index (χ3v) is 10.8. The molecule has 0 N–H and O–H groups in total. The van der Waals surface area contributed by atoms with Gasteiger partial charge >= 0.3 is 0 Å². The highest BCUT2D eigenvalue weighted by atomic mass is 15.0. The maximum absolute atomic E-state index is 4.98. The molecule has 1 aromatic heterocycles. The molecule has 0 aliphatic heterocycles. The minimum absolute atomic E-state index is 0.412. The quantitative estimate of drug-likeness (QED) is 0.166. The first-order valence-corrected chi connectivity index (χ1v) is 18.7. The molecule has 55 heavy (non-hydrogen) atoms. The molecule has 0 atom stereocenters. The van der Waals surface area contributed by atoms with E-state index in [1.807, 2.05) is 60.7 Å². The summed E-state index contributed by atoms with van der Waals surface area (Å²) in [7, 11) is 0. The molecule has 0 amide bonds. The Balaban J connectivity index is 1.06. The van der Waals surface area contributed by atoms with Crippen LogP contribution in [0.4, 0.5) is 0 Å². The zero-order valence-corrected chi connectivity index (χ0v) is 30.0. The SMILES string of the molecule is c1ccc(-c2nc(-c3ccccc3)nc(-c3cccc(-c4cccc(-c5ccc6c(c5)-c5ccccc5C6(c5ccccc5)c5ccccc5)c4)c3)n2)cc1. The molecule has 0 unspecified atom stereocenters. The van der Waals surface area contributed by atoms with Crippen LogP contribution in [-0.2, 0) is 5.41 Å². The minimum Gasteiger partial charge on any atom is -0.208 e. The summed E-state index contributed by atoms with van der Waals surface area (Å²) in [5.41, 5.74) is 14.7. The topological polar surface area (TPSA) is 38.7 Å². The molecule has 0 spiro atoms. The Morgan fingerprint density at radius 3 is 1.18 bits per heavy atom. The lowest BCUT2D eigenvalue weighted by molar-refractivity contribution is 0.768. The third-order valence-electron chi connectivity index (χ3n) is 10.8. The first-order valence-electron chi connectivity index (χ1n) is 18.7. The average molecular weight is 702 g/mol. The second kappa shape index (κ2) is 13.6. The van der Waals surface area contributed by atoms with Crippen LogP contribution in [0.25, 0.3) is 67.5 Å². The van der Waals surface area contributed by atoms with Crippen LogP contribution in [0.1, 0.15) is 22.3 Å². The number of hydrogen-bond acceptors (Lipinski definition) is 3. The molecule has 0 saturated carbocycles. The molecule has 0 bridgehead atoms. The fourth-order valence-corrected chi connectivity index (χ4v) is 8.28. The van der Waals surface area contributed by atoms with Crippen LogP contribution in [0, 0.1) is 0 Å². The van der Waals surface area contributed by atoms with Crippen LogP contribution < -0.4 is 0 Å². The standard InChI is InChI=1S/C52H35N3/c1-5-17-36(18-6-1)49-53-50(37-19-7-2-8-20-37)55-51(54-49)42-24-16-23-40(34-42)38-21-15-22-39(33-38)41-31-32-48-46(35-41)45-29-13-14-30-47(45)52(48,43-25-9-3-10-26-43)44-27-11-4-12-28-44/h1-35H. The van der Waals surface area contributed by atoms with E-state index in [1.165, 1.54) is 38.9 Å². The Labute approximate surface area is 321 Å². The maximum atomic E-state index is 4.98. The van der Waals surface area contributed by atoms with Crippen LogP contribution >= 0.6 is 0 Å². The normalized spacial score (nSPS) is 12.5. The van der Waals surface area contributed by atoms with Crippen LogP contribution in [-0.4, -0.2) is 15.0 Å². The lowest BCUT2D eigenvalue weighted by atomic mass is 9.67. The molecule has 10 rings (SSSR count). The first-order chi connectivity index (χ1) is 27.3. The van der Waals surface area contributed by atoms with E-state index >= 15 is 0 Å². The highest BCUT2D eigenvalue weighted by molar-refractivity contribution is 5.89. The van der Waals surface area contributed by atoms with Gasteiger partial charge in [-0.25, -0.2) is 15.0 Å². The molecule has 9 aromatic rings. The van der Waals surface area contributed by atoms with Crippen LogP contribution in [0.3, 0.4) is 0 Å². The van der Waals surface area contributed by atoms with Crippen LogP contribution in [0.2, 0.25) is 0 Å². The summed E-state index contributed by atoms with van der Waals surface area (Å²) in [6.07, 6.45) is 0. The van der Waals surface area contributed by atoms with Crippen molar-refractivity contribution in [3.05, 3.63) is 235 Å². The third kappa shape index (κ3) is 5.65. The van der Waals surface area contributed by atoms with E-state index < -0.39 is 5.41 Å². The zero-order chi connectivity index (χ0) is 36.6. The van der Waals surface area contributed by atoms with E-state index in [9.17, 15) is 0 Å². The van der Waals surface area contributed by atoms with Crippen LogP contribution in [0.15, 0.2) is 212 Å². The number of hydrogen-bond donors (Lipinski definition) is 0. The van der Waals surface area contributed by atoms with Gasteiger partial charge in [0, 0.05) is 16.7 Å².